The van der Waals surface area contributed by atoms with Crippen molar-refractivity contribution >= 4 is 0 Å². The standard InChI is InChI=1S/C17H30N2/c1-17(2,19-15-3-4-15)10-18-16-13-6-11-5-12(8-13)9-14(16)7-11/h11-16,18-19H,3-10H2,1-2H3. The second-order valence-corrected chi connectivity index (χ2v) is 8.64. The summed E-state index contributed by atoms with van der Waals surface area (Å²) in [5.41, 5.74) is 0.274. The Morgan fingerprint density at radius 2 is 1.47 bits per heavy atom. The lowest BCUT2D eigenvalue weighted by Crippen LogP contribution is -2.58. The molecule has 0 heterocycles. The lowest BCUT2D eigenvalue weighted by Gasteiger charge is -2.55. The van der Waals surface area contributed by atoms with Gasteiger partial charge in [0.15, 0.2) is 0 Å². The molecule has 0 spiro atoms. The van der Waals surface area contributed by atoms with E-state index >= 15 is 0 Å². The van der Waals surface area contributed by atoms with Crippen molar-refractivity contribution in [3.8, 4) is 0 Å². The summed E-state index contributed by atoms with van der Waals surface area (Å²) in [5, 5.41) is 7.77. The third kappa shape index (κ3) is 2.58. The molecule has 0 unspecified atom stereocenters. The Balaban J connectivity index is 1.35. The van der Waals surface area contributed by atoms with Crippen LogP contribution in [-0.4, -0.2) is 24.2 Å². The predicted molar refractivity (Wildman–Crippen MR) is 79.1 cm³/mol. The first-order chi connectivity index (χ1) is 9.09. The highest BCUT2D eigenvalue weighted by Gasteiger charge is 2.48. The highest BCUT2D eigenvalue weighted by molar-refractivity contribution is 5.02. The van der Waals surface area contributed by atoms with Gasteiger partial charge in [-0.25, -0.2) is 0 Å². The summed E-state index contributed by atoms with van der Waals surface area (Å²) in [6, 6.07) is 1.66. The van der Waals surface area contributed by atoms with E-state index < -0.39 is 0 Å². The molecule has 0 aromatic rings. The van der Waals surface area contributed by atoms with Crippen molar-refractivity contribution in [3.05, 3.63) is 0 Å². The van der Waals surface area contributed by atoms with Crippen molar-refractivity contribution in [2.24, 2.45) is 23.7 Å². The van der Waals surface area contributed by atoms with Crippen LogP contribution in [0.4, 0.5) is 0 Å². The van der Waals surface area contributed by atoms with Crippen LogP contribution in [0.25, 0.3) is 0 Å². The molecule has 5 rings (SSSR count). The van der Waals surface area contributed by atoms with Crippen LogP contribution in [0.5, 0.6) is 0 Å². The molecule has 0 saturated heterocycles. The van der Waals surface area contributed by atoms with Gasteiger partial charge in [0.2, 0.25) is 0 Å². The topological polar surface area (TPSA) is 24.1 Å². The zero-order valence-electron chi connectivity index (χ0n) is 12.6. The van der Waals surface area contributed by atoms with Gasteiger partial charge in [-0.1, -0.05) is 0 Å². The molecule has 4 bridgehead atoms. The van der Waals surface area contributed by atoms with Crippen molar-refractivity contribution in [3.63, 3.8) is 0 Å². The Morgan fingerprint density at radius 1 is 0.895 bits per heavy atom. The first kappa shape index (κ1) is 12.6. The molecule has 5 fully saturated rings. The molecule has 0 aromatic heterocycles. The molecule has 0 radical (unpaired) electrons. The molecule has 0 aromatic carbocycles. The zero-order chi connectivity index (χ0) is 13.0. The molecule has 5 aliphatic rings. The molecule has 0 atom stereocenters. The highest BCUT2D eigenvalue weighted by atomic mass is 15.1. The molecule has 2 N–H and O–H groups in total. The molecule has 2 nitrogen and oxygen atoms in total. The predicted octanol–water partition coefficient (Wildman–Crippen LogP) is 2.93. The molecular formula is C17H30N2. The van der Waals surface area contributed by atoms with Gasteiger partial charge in [0.05, 0.1) is 0 Å². The number of hydrogen-bond acceptors (Lipinski definition) is 2. The maximum absolute atomic E-state index is 3.98. The van der Waals surface area contributed by atoms with Gasteiger partial charge in [-0.2, -0.15) is 0 Å². The van der Waals surface area contributed by atoms with E-state index in [1.54, 1.807) is 6.42 Å². The number of hydrogen-bond donors (Lipinski definition) is 2. The maximum Gasteiger partial charge on any atom is 0.0252 e. The second kappa shape index (κ2) is 4.46. The number of rotatable bonds is 5. The van der Waals surface area contributed by atoms with E-state index in [9.17, 15) is 0 Å². The van der Waals surface area contributed by atoms with Gasteiger partial charge in [-0.15, -0.1) is 0 Å². The third-order valence-corrected chi connectivity index (χ3v) is 6.18. The normalized spacial score (nSPS) is 44.8. The summed E-state index contributed by atoms with van der Waals surface area (Å²) >= 11 is 0. The lowest BCUT2D eigenvalue weighted by atomic mass is 9.54. The summed E-state index contributed by atoms with van der Waals surface area (Å²) in [4.78, 5) is 0. The Morgan fingerprint density at radius 3 is 2.00 bits per heavy atom. The van der Waals surface area contributed by atoms with Gasteiger partial charge < -0.3 is 10.6 Å². The Kier molecular flexibility index (Phi) is 2.97. The van der Waals surface area contributed by atoms with Crippen LogP contribution >= 0.6 is 0 Å². The van der Waals surface area contributed by atoms with Gasteiger partial charge in [-0.3, -0.25) is 0 Å². The van der Waals surface area contributed by atoms with Gasteiger partial charge >= 0.3 is 0 Å². The van der Waals surface area contributed by atoms with Crippen LogP contribution in [0.2, 0.25) is 0 Å². The molecule has 108 valence electrons. The lowest BCUT2D eigenvalue weighted by molar-refractivity contribution is -0.0154. The van der Waals surface area contributed by atoms with Crippen molar-refractivity contribution < 1.29 is 0 Å². The fourth-order valence-electron chi connectivity index (χ4n) is 5.46. The first-order valence-electron chi connectivity index (χ1n) is 8.60. The van der Waals surface area contributed by atoms with Crippen LogP contribution in [0.1, 0.15) is 58.8 Å². The smallest absolute Gasteiger partial charge is 0.0252 e. The summed E-state index contributed by atoms with van der Waals surface area (Å²) < 4.78 is 0. The van der Waals surface area contributed by atoms with E-state index in [-0.39, 0.29) is 5.54 Å². The van der Waals surface area contributed by atoms with Crippen LogP contribution in [-0.2, 0) is 0 Å². The second-order valence-electron chi connectivity index (χ2n) is 8.64. The molecule has 5 aliphatic carbocycles. The quantitative estimate of drug-likeness (QED) is 0.796. The summed E-state index contributed by atoms with van der Waals surface area (Å²) in [5.74, 6) is 4.21. The molecule has 2 heteroatoms. The number of nitrogens with one attached hydrogen (secondary N) is 2. The average molecular weight is 262 g/mol. The minimum Gasteiger partial charge on any atom is -0.312 e. The first-order valence-corrected chi connectivity index (χ1v) is 8.60. The van der Waals surface area contributed by atoms with Crippen LogP contribution in [0, 0.1) is 23.7 Å². The van der Waals surface area contributed by atoms with E-state index in [0.29, 0.717) is 0 Å². The fraction of sp³-hybridized carbons (Fsp3) is 1.00. The van der Waals surface area contributed by atoms with Crippen molar-refractivity contribution in [2.45, 2.75) is 76.4 Å². The summed E-state index contributed by atoms with van der Waals surface area (Å²) in [6.45, 7) is 5.89. The molecule has 0 aliphatic heterocycles. The fourth-order valence-corrected chi connectivity index (χ4v) is 5.46. The largest absolute Gasteiger partial charge is 0.312 e. The van der Waals surface area contributed by atoms with Crippen LogP contribution in [0.3, 0.4) is 0 Å². The van der Waals surface area contributed by atoms with E-state index in [0.717, 1.165) is 42.3 Å². The maximum atomic E-state index is 3.98. The minimum atomic E-state index is 0.274. The average Bonchev–Trinajstić information content (AvgIpc) is 3.10. The summed E-state index contributed by atoms with van der Waals surface area (Å²) in [6.07, 6.45) is 10.5. The van der Waals surface area contributed by atoms with Crippen molar-refractivity contribution in [1.29, 1.82) is 0 Å². The van der Waals surface area contributed by atoms with Crippen LogP contribution < -0.4 is 10.6 Å². The zero-order valence-corrected chi connectivity index (χ0v) is 12.6. The Bertz CT molecular complexity index is 317. The van der Waals surface area contributed by atoms with Gasteiger partial charge in [-0.05, 0) is 82.5 Å². The van der Waals surface area contributed by atoms with Crippen molar-refractivity contribution in [1.82, 2.24) is 10.6 Å². The van der Waals surface area contributed by atoms with E-state index in [1.807, 2.05) is 0 Å². The van der Waals surface area contributed by atoms with Gasteiger partial charge in [0, 0.05) is 24.2 Å². The third-order valence-electron chi connectivity index (χ3n) is 6.18. The highest BCUT2D eigenvalue weighted by Crippen LogP contribution is 2.53. The molecule has 0 amide bonds. The summed E-state index contributed by atoms with van der Waals surface area (Å²) in [7, 11) is 0. The van der Waals surface area contributed by atoms with Gasteiger partial charge in [0.1, 0.15) is 0 Å². The van der Waals surface area contributed by atoms with Gasteiger partial charge in [0.25, 0.3) is 0 Å². The van der Waals surface area contributed by atoms with Crippen molar-refractivity contribution in [2.75, 3.05) is 6.54 Å². The van der Waals surface area contributed by atoms with E-state index in [1.165, 1.54) is 38.5 Å². The minimum absolute atomic E-state index is 0.274. The van der Waals surface area contributed by atoms with E-state index in [4.69, 9.17) is 0 Å². The van der Waals surface area contributed by atoms with E-state index in [2.05, 4.69) is 24.5 Å². The molecule has 19 heavy (non-hydrogen) atoms. The molecule has 5 saturated carbocycles. The Hall–Kier alpha value is -0.0800. The SMILES string of the molecule is CC(C)(CNC1C2CC3CC(C2)CC1C3)NC1CC1. The molecular weight excluding hydrogens is 232 g/mol. The monoisotopic (exact) mass is 262 g/mol. The Labute approximate surface area is 118 Å². The van der Waals surface area contributed by atoms with Crippen LogP contribution in [0.15, 0.2) is 0 Å².